The molecule has 0 aromatic carbocycles. The number of nitrogens with one attached hydrogen (secondary N) is 1. The highest BCUT2D eigenvalue weighted by Crippen LogP contribution is 2.35. The fourth-order valence-electron chi connectivity index (χ4n) is 2.42. The van der Waals surface area contributed by atoms with Crippen LogP contribution in [-0.4, -0.2) is 18.0 Å². The summed E-state index contributed by atoms with van der Waals surface area (Å²) in [6.07, 6.45) is 4.63. The molecule has 94 valence electrons. The van der Waals surface area contributed by atoms with Crippen LogP contribution in [0.5, 0.6) is 0 Å². The van der Waals surface area contributed by atoms with Crippen LogP contribution < -0.4 is 11.1 Å². The van der Waals surface area contributed by atoms with Gasteiger partial charge < -0.3 is 11.1 Å². The Morgan fingerprint density at radius 2 is 2.06 bits per heavy atom. The van der Waals surface area contributed by atoms with Crippen molar-refractivity contribution in [3.05, 3.63) is 0 Å². The first-order chi connectivity index (χ1) is 7.32. The van der Waals surface area contributed by atoms with Crippen LogP contribution in [0.3, 0.4) is 0 Å². The van der Waals surface area contributed by atoms with Gasteiger partial charge in [0.15, 0.2) is 0 Å². The van der Waals surface area contributed by atoms with Crippen molar-refractivity contribution in [3.8, 4) is 0 Å². The molecular weight excluding hydrogens is 200 g/mol. The van der Waals surface area contributed by atoms with Gasteiger partial charge in [0.05, 0.1) is 6.04 Å². The molecule has 0 aliphatic heterocycles. The van der Waals surface area contributed by atoms with E-state index in [0.29, 0.717) is 11.5 Å². The van der Waals surface area contributed by atoms with E-state index in [9.17, 15) is 4.79 Å². The van der Waals surface area contributed by atoms with Crippen LogP contribution in [0, 0.1) is 11.3 Å². The van der Waals surface area contributed by atoms with E-state index in [4.69, 9.17) is 5.73 Å². The maximum atomic E-state index is 11.8. The molecule has 3 N–H and O–H groups in total. The van der Waals surface area contributed by atoms with Crippen LogP contribution in [0.1, 0.15) is 53.4 Å². The Morgan fingerprint density at radius 1 is 1.44 bits per heavy atom. The summed E-state index contributed by atoms with van der Waals surface area (Å²) in [5.74, 6) is 0.217. The molecule has 0 aromatic heterocycles. The van der Waals surface area contributed by atoms with Crippen LogP contribution in [0.25, 0.3) is 0 Å². The molecule has 1 fully saturated rings. The van der Waals surface area contributed by atoms with Gasteiger partial charge in [0.1, 0.15) is 0 Å². The highest BCUT2D eigenvalue weighted by Gasteiger charge is 2.30. The second kappa shape index (κ2) is 5.17. The molecular formula is C13H26N2O. The molecule has 0 radical (unpaired) electrons. The summed E-state index contributed by atoms with van der Waals surface area (Å²) in [6.45, 7) is 8.51. The zero-order chi connectivity index (χ0) is 12.3. The van der Waals surface area contributed by atoms with Crippen molar-refractivity contribution in [1.82, 2.24) is 5.32 Å². The Labute approximate surface area is 99.2 Å². The Balaban J connectivity index is 2.45. The zero-order valence-corrected chi connectivity index (χ0v) is 11.0. The molecule has 0 spiro atoms. The quantitative estimate of drug-likeness (QED) is 0.774. The van der Waals surface area contributed by atoms with Crippen molar-refractivity contribution in [3.63, 3.8) is 0 Å². The third-order valence-electron chi connectivity index (χ3n) is 3.57. The number of nitrogens with two attached hydrogens (primary N) is 1. The van der Waals surface area contributed by atoms with Crippen molar-refractivity contribution in [2.24, 2.45) is 17.1 Å². The van der Waals surface area contributed by atoms with Crippen LogP contribution in [0.4, 0.5) is 0 Å². The van der Waals surface area contributed by atoms with Gasteiger partial charge in [-0.1, -0.05) is 34.1 Å². The van der Waals surface area contributed by atoms with Crippen LogP contribution >= 0.6 is 0 Å². The van der Waals surface area contributed by atoms with E-state index in [1.54, 1.807) is 0 Å². The number of amides is 1. The molecule has 1 amide bonds. The van der Waals surface area contributed by atoms with Gasteiger partial charge in [0, 0.05) is 6.04 Å². The topological polar surface area (TPSA) is 55.1 Å². The highest BCUT2D eigenvalue weighted by molar-refractivity contribution is 5.82. The first-order valence-electron chi connectivity index (χ1n) is 6.38. The third-order valence-corrected chi connectivity index (χ3v) is 3.57. The van der Waals surface area contributed by atoms with Crippen molar-refractivity contribution in [1.29, 1.82) is 0 Å². The first-order valence-corrected chi connectivity index (χ1v) is 6.38. The number of carbonyl (C=O) groups excluding carboxylic acids is 1. The average Bonchev–Trinajstić information content (AvgIpc) is 2.14. The SMILES string of the molecule is CC(C)C(N)C(=O)NC1CCCC(C)(C)C1. The molecule has 1 aliphatic carbocycles. The summed E-state index contributed by atoms with van der Waals surface area (Å²) >= 11 is 0. The minimum Gasteiger partial charge on any atom is -0.352 e. The Kier molecular flexibility index (Phi) is 4.36. The number of hydrogen-bond acceptors (Lipinski definition) is 2. The monoisotopic (exact) mass is 226 g/mol. The van der Waals surface area contributed by atoms with E-state index in [-0.39, 0.29) is 17.9 Å². The molecule has 0 saturated heterocycles. The Morgan fingerprint density at radius 3 is 2.56 bits per heavy atom. The predicted molar refractivity (Wildman–Crippen MR) is 67.0 cm³/mol. The van der Waals surface area contributed by atoms with Gasteiger partial charge in [-0.25, -0.2) is 0 Å². The van der Waals surface area contributed by atoms with Gasteiger partial charge in [-0.15, -0.1) is 0 Å². The first kappa shape index (κ1) is 13.5. The fraction of sp³-hybridized carbons (Fsp3) is 0.923. The fourth-order valence-corrected chi connectivity index (χ4v) is 2.42. The van der Waals surface area contributed by atoms with Gasteiger partial charge >= 0.3 is 0 Å². The summed E-state index contributed by atoms with van der Waals surface area (Å²) < 4.78 is 0. The zero-order valence-electron chi connectivity index (χ0n) is 11.0. The molecule has 0 bridgehead atoms. The second-order valence-corrected chi connectivity index (χ2v) is 6.24. The van der Waals surface area contributed by atoms with Crippen LogP contribution in [0.2, 0.25) is 0 Å². The summed E-state index contributed by atoms with van der Waals surface area (Å²) in [5.41, 5.74) is 6.19. The van der Waals surface area contributed by atoms with Gasteiger partial charge in [0.25, 0.3) is 0 Å². The van der Waals surface area contributed by atoms with E-state index in [1.807, 2.05) is 13.8 Å². The molecule has 3 nitrogen and oxygen atoms in total. The molecule has 3 heteroatoms. The van der Waals surface area contributed by atoms with Crippen molar-refractivity contribution in [2.75, 3.05) is 0 Å². The Bertz CT molecular complexity index is 248. The van der Waals surface area contributed by atoms with Gasteiger partial charge in [-0.05, 0) is 30.6 Å². The molecule has 1 aliphatic rings. The van der Waals surface area contributed by atoms with E-state index in [2.05, 4.69) is 19.2 Å². The van der Waals surface area contributed by atoms with Crippen molar-refractivity contribution >= 4 is 5.91 Å². The van der Waals surface area contributed by atoms with E-state index in [1.165, 1.54) is 12.8 Å². The molecule has 1 saturated carbocycles. The number of hydrogen-bond donors (Lipinski definition) is 2. The maximum absolute atomic E-state index is 11.8. The summed E-state index contributed by atoms with van der Waals surface area (Å²) in [6, 6.07) is -0.0499. The molecule has 16 heavy (non-hydrogen) atoms. The maximum Gasteiger partial charge on any atom is 0.237 e. The molecule has 2 unspecified atom stereocenters. The molecule has 0 aromatic rings. The van der Waals surface area contributed by atoms with E-state index < -0.39 is 0 Å². The lowest BCUT2D eigenvalue weighted by Crippen LogP contribution is -2.49. The normalized spacial score (nSPS) is 26.5. The minimum atomic E-state index is -0.370. The van der Waals surface area contributed by atoms with Crippen molar-refractivity contribution in [2.45, 2.75) is 65.5 Å². The lowest BCUT2D eigenvalue weighted by atomic mass is 9.75. The van der Waals surface area contributed by atoms with Crippen molar-refractivity contribution < 1.29 is 4.79 Å². The standard InChI is InChI=1S/C13H26N2O/c1-9(2)11(14)12(16)15-10-6-5-7-13(3,4)8-10/h9-11H,5-8,14H2,1-4H3,(H,15,16). The summed E-state index contributed by atoms with van der Waals surface area (Å²) in [7, 11) is 0. The Hall–Kier alpha value is -0.570. The van der Waals surface area contributed by atoms with E-state index >= 15 is 0 Å². The third kappa shape index (κ3) is 3.78. The largest absolute Gasteiger partial charge is 0.352 e. The van der Waals surface area contributed by atoms with Gasteiger partial charge in [0.2, 0.25) is 5.91 Å². The summed E-state index contributed by atoms with van der Waals surface area (Å²) in [5, 5.41) is 3.09. The molecule has 0 heterocycles. The lowest BCUT2D eigenvalue weighted by molar-refractivity contribution is -0.124. The second-order valence-electron chi connectivity index (χ2n) is 6.24. The molecule has 1 rings (SSSR count). The van der Waals surface area contributed by atoms with Gasteiger partial charge in [-0.2, -0.15) is 0 Å². The minimum absolute atomic E-state index is 0.0118. The summed E-state index contributed by atoms with van der Waals surface area (Å²) in [4.78, 5) is 11.8. The van der Waals surface area contributed by atoms with E-state index in [0.717, 1.165) is 12.8 Å². The van der Waals surface area contributed by atoms with Crippen LogP contribution in [-0.2, 0) is 4.79 Å². The smallest absolute Gasteiger partial charge is 0.237 e. The average molecular weight is 226 g/mol. The number of carbonyl (C=O) groups is 1. The highest BCUT2D eigenvalue weighted by atomic mass is 16.2. The van der Waals surface area contributed by atoms with Crippen LogP contribution in [0.15, 0.2) is 0 Å². The number of rotatable bonds is 3. The lowest BCUT2D eigenvalue weighted by Gasteiger charge is -2.36. The van der Waals surface area contributed by atoms with Gasteiger partial charge in [-0.3, -0.25) is 4.79 Å². The molecule has 2 atom stereocenters. The predicted octanol–water partition coefficient (Wildman–Crippen LogP) is 2.05.